The zero-order valence-corrected chi connectivity index (χ0v) is 10.5. The molecule has 1 unspecified atom stereocenters. The van der Waals surface area contributed by atoms with Crippen LogP contribution < -0.4 is 11.1 Å². The third-order valence-electron chi connectivity index (χ3n) is 3.49. The Bertz CT molecular complexity index is 273. The number of oxime groups is 1. The highest BCUT2D eigenvalue weighted by atomic mass is 16.4. The molecule has 5 nitrogen and oxygen atoms in total. The van der Waals surface area contributed by atoms with E-state index in [-0.39, 0.29) is 11.7 Å². The highest BCUT2D eigenvalue weighted by molar-refractivity contribution is 6.01. The van der Waals surface area contributed by atoms with Crippen molar-refractivity contribution in [2.75, 3.05) is 6.54 Å². The molecule has 0 aromatic rings. The monoisotopic (exact) mass is 241 g/mol. The van der Waals surface area contributed by atoms with Gasteiger partial charge in [-0.25, -0.2) is 0 Å². The topological polar surface area (TPSA) is 87.7 Å². The minimum absolute atomic E-state index is 0.00589. The second kappa shape index (κ2) is 7.14. The van der Waals surface area contributed by atoms with Gasteiger partial charge in [-0.2, -0.15) is 0 Å². The summed E-state index contributed by atoms with van der Waals surface area (Å²) >= 11 is 0. The quantitative estimate of drug-likeness (QED) is 0.295. The van der Waals surface area contributed by atoms with Gasteiger partial charge < -0.3 is 16.3 Å². The van der Waals surface area contributed by atoms with Crippen LogP contribution in [0.1, 0.15) is 45.4 Å². The van der Waals surface area contributed by atoms with Gasteiger partial charge in [-0.3, -0.25) is 4.79 Å². The number of nitrogens with two attached hydrogens (primary N) is 1. The predicted octanol–water partition coefficient (Wildman–Crippen LogP) is 1.46. The van der Waals surface area contributed by atoms with Crippen LogP contribution in [0.2, 0.25) is 0 Å². The fraction of sp³-hybridized carbons (Fsp3) is 0.833. The summed E-state index contributed by atoms with van der Waals surface area (Å²) in [7, 11) is 0. The summed E-state index contributed by atoms with van der Waals surface area (Å²) in [5.41, 5.74) is 5.48. The van der Waals surface area contributed by atoms with Crippen LogP contribution in [0.3, 0.4) is 0 Å². The Kier molecular flexibility index (Phi) is 5.80. The van der Waals surface area contributed by atoms with Crippen molar-refractivity contribution in [1.82, 2.24) is 5.32 Å². The van der Waals surface area contributed by atoms with Crippen molar-refractivity contribution in [3.8, 4) is 0 Å². The van der Waals surface area contributed by atoms with E-state index in [1.807, 2.05) is 6.92 Å². The maximum absolute atomic E-state index is 11.8. The number of rotatable bonds is 5. The number of hydrogen-bond donors (Lipinski definition) is 3. The highest BCUT2D eigenvalue weighted by Crippen LogP contribution is 2.22. The number of amides is 1. The molecule has 1 aliphatic carbocycles. The molecular formula is C12H23N3O2. The lowest BCUT2D eigenvalue weighted by atomic mass is 9.89. The molecule has 1 amide bonds. The smallest absolute Gasteiger partial charge is 0.230 e. The van der Waals surface area contributed by atoms with E-state index in [0.717, 1.165) is 0 Å². The molecule has 0 aromatic carbocycles. The molecule has 0 spiro atoms. The van der Waals surface area contributed by atoms with Gasteiger partial charge in [0.1, 0.15) is 0 Å². The molecule has 0 bridgehead atoms. The Hall–Kier alpha value is -1.26. The SMILES string of the molecule is CCC(C(=O)NCC1CCCCC1)/C(N)=N/O. The summed E-state index contributed by atoms with van der Waals surface area (Å²) < 4.78 is 0. The molecule has 17 heavy (non-hydrogen) atoms. The van der Waals surface area contributed by atoms with Gasteiger partial charge in [-0.1, -0.05) is 31.3 Å². The van der Waals surface area contributed by atoms with E-state index >= 15 is 0 Å². The lowest BCUT2D eigenvalue weighted by molar-refractivity contribution is -0.123. The fourth-order valence-corrected chi connectivity index (χ4v) is 2.36. The number of nitrogens with one attached hydrogen (secondary N) is 1. The Morgan fingerprint density at radius 2 is 2.12 bits per heavy atom. The van der Waals surface area contributed by atoms with Crippen LogP contribution >= 0.6 is 0 Å². The number of carbonyl (C=O) groups is 1. The maximum atomic E-state index is 11.8. The molecule has 0 radical (unpaired) electrons. The number of carbonyl (C=O) groups excluding carboxylic acids is 1. The Morgan fingerprint density at radius 3 is 2.65 bits per heavy atom. The van der Waals surface area contributed by atoms with Crippen molar-refractivity contribution in [2.24, 2.45) is 22.7 Å². The average molecular weight is 241 g/mol. The number of nitrogens with zero attached hydrogens (tertiary/aromatic N) is 1. The Balaban J connectivity index is 2.36. The van der Waals surface area contributed by atoms with E-state index in [1.165, 1.54) is 32.1 Å². The summed E-state index contributed by atoms with van der Waals surface area (Å²) in [6.07, 6.45) is 6.77. The first kappa shape index (κ1) is 13.8. The van der Waals surface area contributed by atoms with Gasteiger partial charge in [0.15, 0.2) is 5.84 Å². The fourth-order valence-electron chi connectivity index (χ4n) is 2.36. The standard InChI is InChI=1S/C12H23N3O2/c1-2-10(11(13)15-17)12(16)14-8-9-6-4-3-5-7-9/h9-10,17H,2-8H2,1H3,(H2,13,15)(H,14,16). The summed E-state index contributed by atoms with van der Waals surface area (Å²) in [6.45, 7) is 2.57. The number of hydrogen-bond acceptors (Lipinski definition) is 3. The van der Waals surface area contributed by atoms with Crippen LogP contribution in [0.5, 0.6) is 0 Å². The zero-order valence-electron chi connectivity index (χ0n) is 10.5. The first-order valence-electron chi connectivity index (χ1n) is 6.44. The molecule has 98 valence electrons. The highest BCUT2D eigenvalue weighted by Gasteiger charge is 2.22. The van der Waals surface area contributed by atoms with Crippen molar-refractivity contribution in [2.45, 2.75) is 45.4 Å². The van der Waals surface area contributed by atoms with Crippen LogP contribution in [0, 0.1) is 11.8 Å². The molecule has 0 heterocycles. The molecule has 0 aromatic heterocycles. The van der Waals surface area contributed by atoms with Gasteiger partial charge >= 0.3 is 0 Å². The average Bonchev–Trinajstić information content (AvgIpc) is 2.38. The van der Waals surface area contributed by atoms with Crippen LogP contribution in [0.25, 0.3) is 0 Å². The second-order valence-electron chi connectivity index (χ2n) is 4.73. The Morgan fingerprint density at radius 1 is 1.47 bits per heavy atom. The molecule has 0 aliphatic heterocycles. The summed E-state index contributed by atoms with van der Waals surface area (Å²) in [5.74, 6) is -0.0527. The summed E-state index contributed by atoms with van der Waals surface area (Å²) in [4.78, 5) is 11.8. The first-order valence-corrected chi connectivity index (χ1v) is 6.44. The van der Waals surface area contributed by atoms with Crippen molar-refractivity contribution >= 4 is 11.7 Å². The Labute approximate surface area is 102 Å². The van der Waals surface area contributed by atoms with Gasteiger partial charge in [-0.15, -0.1) is 0 Å². The lowest BCUT2D eigenvalue weighted by Crippen LogP contribution is -2.40. The van der Waals surface area contributed by atoms with E-state index in [1.54, 1.807) is 0 Å². The predicted molar refractivity (Wildman–Crippen MR) is 66.8 cm³/mol. The largest absolute Gasteiger partial charge is 0.409 e. The van der Waals surface area contributed by atoms with E-state index in [0.29, 0.717) is 18.9 Å². The van der Waals surface area contributed by atoms with Crippen molar-refractivity contribution < 1.29 is 10.0 Å². The van der Waals surface area contributed by atoms with Gasteiger partial charge in [0.2, 0.25) is 5.91 Å². The van der Waals surface area contributed by atoms with Crippen molar-refractivity contribution in [1.29, 1.82) is 0 Å². The van der Waals surface area contributed by atoms with Gasteiger partial charge in [0.05, 0.1) is 5.92 Å². The summed E-state index contributed by atoms with van der Waals surface area (Å²) in [6, 6.07) is 0. The third-order valence-corrected chi connectivity index (χ3v) is 3.49. The minimum Gasteiger partial charge on any atom is -0.409 e. The van der Waals surface area contributed by atoms with Crippen molar-refractivity contribution in [3.63, 3.8) is 0 Å². The molecule has 0 saturated heterocycles. The first-order chi connectivity index (χ1) is 8.19. The molecule has 1 atom stereocenters. The molecule has 1 aliphatic rings. The molecule has 1 saturated carbocycles. The number of amidine groups is 1. The van der Waals surface area contributed by atoms with Crippen LogP contribution in [0.4, 0.5) is 0 Å². The van der Waals surface area contributed by atoms with E-state index < -0.39 is 5.92 Å². The molecule has 1 fully saturated rings. The molecule has 1 rings (SSSR count). The van der Waals surface area contributed by atoms with Gasteiger partial charge in [-0.05, 0) is 25.2 Å². The molecular weight excluding hydrogens is 218 g/mol. The van der Waals surface area contributed by atoms with E-state index in [2.05, 4.69) is 10.5 Å². The van der Waals surface area contributed by atoms with Crippen LogP contribution in [0.15, 0.2) is 5.16 Å². The maximum Gasteiger partial charge on any atom is 0.230 e. The zero-order chi connectivity index (χ0) is 12.7. The summed E-state index contributed by atoms with van der Waals surface area (Å²) in [5, 5.41) is 14.4. The van der Waals surface area contributed by atoms with E-state index in [9.17, 15) is 4.79 Å². The lowest BCUT2D eigenvalue weighted by Gasteiger charge is -2.22. The molecule has 4 N–H and O–H groups in total. The van der Waals surface area contributed by atoms with Crippen LogP contribution in [-0.4, -0.2) is 23.5 Å². The third kappa shape index (κ3) is 4.24. The minimum atomic E-state index is -0.511. The van der Waals surface area contributed by atoms with Crippen molar-refractivity contribution in [3.05, 3.63) is 0 Å². The van der Waals surface area contributed by atoms with Gasteiger partial charge in [0, 0.05) is 6.54 Å². The second-order valence-corrected chi connectivity index (χ2v) is 4.73. The van der Waals surface area contributed by atoms with E-state index in [4.69, 9.17) is 10.9 Å². The normalized spacial score (nSPS) is 19.9. The van der Waals surface area contributed by atoms with Gasteiger partial charge in [0.25, 0.3) is 0 Å². The van der Waals surface area contributed by atoms with Crippen LogP contribution in [-0.2, 0) is 4.79 Å². The molecule has 5 heteroatoms.